The molecule has 47 heavy (non-hydrogen) atoms. The molecule has 0 atom stereocenters. The summed E-state index contributed by atoms with van der Waals surface area (Å²) in [6, 6.07) is 27.4. The monoisotopic (exact) mass is 633 g/mol. The summed E-state index contributed by atoms with van der Waals surface area (Å²) in [7, 11) is 0. The lowest BCUT2D eigenvalue weighted by atomic mass is 9.90. The normalized spacial score (nSPS) is 15.3. The summed E-state index contributed by atoms with van der Waals surface area (Å²) in [5.41, 5.74) is 6.65. The van der Waals surface area contributed by atoms with E-state index in [-0.39, 0.29) is 24.6 Å². The predicted molar refractivity (Wildman–Crippen MR) is 188 cm³/mol. The van der Waals surface area contributed by atoms with Gasteiger partial charge in [-0.15, -0.1) is 0 Å². The van der Waals surface area contributed by atoms with Gasteiger partial charge in [0.15, 0.2) is 0 Å². The Hall–Kier alpha value is -4.36. The number of aryl methyl sites for hydroxylation is 1. The zero-order chi connectivity index (χ0) is 33.0. The van der Waals surface area contributed by atoms with E-state index in [0.717, 1.165) is 66.8 Å². The van der Waals surface area contributed by atoms with E-state index in [2.05, 4.69) is 76.3 Å². The molecule has 7 heteroatoms. The summed E-state index contributed by atoms with van der Waals surface area (Å²) in [6.45, 7) is 11.2. The van der Waals surface area contributed by atoms with Crippen molar-refractivity contribution in [3.63, 3.8) is 0 Å². The first-order valence-corrected chi connectivity index (χ1v) is 17.0. The van der Waals surface area contributed by atoms with Crippen LogP contribution in [0.25, 0.3) is 27.6 Å². The standard InChI is InChI=1S/C40H47N3O4/c1-5-46-24-12-22-41-26-32(35-17-9-10-18-37(35)41)27-43(33-19-20-33)38(44)36-28-42(39(45)47-40(2,3)4)23-21-34(36)31-16-11-15-30(25-31)29-13-7-6-8-14-29/h6-11,13-18,25-26,33H,5,12,19-24,27-28H2,1-4H3. The number of carbonyl (C=O) groups excluding carboxylic acids is 2. The highest BCUT2D eigenvalue weighted by Crippen LogP contribution is 2.36. The largest absolute Gasteiger partial charge is 0.444 e. The number of benzene rings is 3. The molecule has 7 nitrogen and oxygen atoms in total. The van der Waals surface area contributed by atoms with Crippen molar-refractivity contribution in [2.45, 2.75) is 78.1 Å². The van der Waals surface area contributed by atoms with Crippen molar-refractivity contribution < 1.29 is 19.1 Å². The molecule has 1 aromatic heterocycles. The van der Waals surface area contributed by atoms with Crippen LogP contribution in [0, 0.1) is 0 Å². The van der Waals surface area contributed by atoms with Gasteiger partial charge in [0, 0.05) is 61.6 Å². The zero-order valence-corrected chi connectivity index (χ0v) is 28.2. The Morgan fingerprint density at radius 2 is 1.64 bits per heavy atom. The lowest BCUT2D eigenvalue weighted by Gasteiger charge is -2.34. The maximum atomic E-state index is 14.8. The molecule has 0 unspecified atom stereocenters. The molecular formula is C40H47N3O4. The number of amides is 2. The van der Waals surface area contributed by atoms with Gasteiger partial charge in [0.05, 0.1) is 6.54 Å². The highest BCUT2D eigenvalue weighted by molar-refractivity contribution is 6.03. The van der Waals surface area contributed by atoms with Gasteiger partial charge in [0.2, 0.25) is 0 Å². The van der Waals surface area contributed by atoms with Crippen molar-refractivity contribution >= 4 is 28.5 Å². The van der Waals surface area contributed by atoms with Crippen LogP contribution in [-0.4, -0.2) is 64.3 Å². The van der Waals surface area contributed by atoms with Gasteiger partial charge in [-0.2, -0.15) is 0 Å². The van der Waals surface area contributed by atoms with E-state index in [4.69, 9.17) is 9.47 Å². The van der Waals surface area contributed by atoms with Crippen LogP contribution in [0.15, 0.2) is 90.6 Å². The molecule has 0 saturated heterocycles. The molecule has 0 radical (unpaired) electrons. The molecule has 1 fully saturated rings. The molecule has 1 aliphatic carbocycles. The highest BCUT2D eigenvalue weighted by atomic mass is 16.6. The minimum absolute atomic E-state index is 0.00838. The van der Waals surface area contributed by atoms with Crippen molar-refractivity contribution in [2.24, 2.45) is 0 Å². The number of rotatable bonds is 11. The first kappa shape index (κ1) is 32.6. The zero-order valence-electron chi connectivity index (χ0n) is 28.2. The maximum Gasteiger partial charge on any atom is 0.410 e. The summed E-state index contributed by atoms with van der Waals surface area (Å²) in [6.07, 6.45) is 5.31. The topological polar surface area (TPSA) is 64.0 Å². The van der Waals surface area contributed by atoms with Gasteiger partial charge in [-0.3, -0.25) is 4.79 Å². The second kappa shape index (κ2) is 14.2. The van der Waals surface area contributed by atoms with Gasteiger partial charge < -0.3 is 23.8 Å². The number of aromatic nitrogens is 1. The van der Waals surface area contributed by atoms with Gasteiger partial charge >= 0.3 is 6.09 Å². The summed E-state index contributed by atoms with van der Waals surface area (Å²) in [5, 5.41) is 1.17. The Bertz CT molecular complexity index is 1750. The molecule has 246 valence electrons. The number of hydrogen-bond acceptors (Lipinski definition) is 4. The smallest absolute Gasteiger partial charge is 0.410 e. The minimum atomic E-state index is -0.619. The van der Waals surface area contributed by atoms with Gasteiger partial charge in [-0.05, 0) is 93.3 Å². The van der Waals surface area contributed by atoms with Gasteiger partial charge in [0.25, 0.3) is 5.91 Å². The number of hydrogen-bond donors (Lipinski definition) is 0. The summed E-state index contributed by atoms with van der Waals surface area (Å²) in [5.74, 6) is 0.00838. The number of fused-ring (bicyclic) bond motifs is 1. The van der Waals surface area contributed by atoms with Gasteiger partial charge in [-0.25, -0.2) is 4.79 Å². The third kappa shape index (κ3) is 7.79. The third-order valence-corrected chi connectivity index (χ3v) is 8.93. The van der Waals surface area contributed by atoms with Crippen LogP contribution < -0.4 is 0 Å². The molecule has 3 aromatic carbocycles. The van der Waals surface area contributed by atoms with Crippen LogP contribution in [0.4, 0.5) is 4.79 Å². The molecule has 6 rings (SSSR count). The molecule has 2 amide bonds. The molecule has 2 heterocycles. The minimum Gasteiger partial charge on any atom is -0.444 e. The second-order valence-corrected chi connectivity index (χ2v) is 13.6. The first-order valence-electron chi connectivity index (χ1n) is 17.0. The lowest BCUT2D eigenvalue weighted by molar-refractivity contribution is -0.128. The number of carbonyl (C=O) groups is 2. The fraction of sp³-hybridized carbons (Fsp3) is 0.400. The van der Waals surface area contributed by atoms with Crippen LogP contribution in [0.2, 0.25) is 0 Å². The van der Waals surface area contributed by atoms with Gasteiger partial charge in [-0.1, -0.05) is 66.7 Å². The molecule has 1 saturated carbocycles. The fourth-order valence-electron chi connectivity index (χ4n) is 6.50. The van der Waals surface area contributed by atoms with E-state index in [1.54, 1.807) is 4.90 Å². The quantitative estimate of drug-likeness (QED) is 0.156. The average Bonchev–Trinajstić information content (AvgIpc) is 3.86. The molecule has 1 aliphatic heterocycles. The van der Waals surface area contributed by atoms with Crippen molar-refractivity contribution in [3.8, 4) is 11.1 Å². The number of nitrogens with zero attached hydrogens (tertiary/aromatic N) is 3. The molecule has 0 bridgehead atoms. The van der Waals surface area contributed by atoms with Crippen molar-refractivity contribution in [1.82, 2.24) is 14.4 Å². The summed E-state index contributed by atoms with van der Waals surface area (Å²) < 4.78 is 13.7. The fourth-order valence-corrected chi connectivity index (χ4v) is 6.50. The SMILES string of the molecule is CCOCCCn1cc(CN(C(=O)C2=C(c3cccc(-c4ccccc4)c3)CCN(C(=O)OC(C)(C)C)C2)C2CC2)c2ccccc21. The van der Waals surface area contributed by atoms with Crippen LogP contribution in [0.1, 0.15) is 64.5 Å². The predicted octanol–water partition coefficient (Wildman–Crippen LogP) is 8.32. The van der Waals surface area contributed by atoms with E-state index in [0.29, 0.717) is 25.1 Å². The number of ether oxygens (including phenoxy) is 2. The molecular weight excluding hydrogens is 586 g/mol. The van der Waals surface area contributed by atoms with Crippen LogP contribution in [-0.2, 0) is 27.4 Å². The van der Waals surface area contributed by atoms with Crippen molar-refractivity contribution in [2.75, 3.05) is 26.3 Å². The van der Waals surface area contributed by atoms with E-state index in [1.165, 1.54) is 10.9 Å². The molecule has 2 aliphatic rings. The summed E-state index contributed by atoms with van der Waals surface area (Å²) >= 11 is 0. The number of para-hydroxylation sites is 1. The Morgan fingerprint density at radius 1 is 0.915 bits per heavy atom. The van der Waals surface area contributed by atoms with Gasteiger partial charge in [0.1, 0.15) is 5.60 Å². The Labute approximate surface area is 278 Å². The lowest BCUT2D eigenvalue weighted by Crippen LogP contribution is -2.44. The Kier molecular flexibility index (Phi) is 9.83. The van der Waals surface area contributed by atoms with E-state index in [1.807, 2.05) is 45.9 Å². The third-order valence-electron chi connectivity index (χ3n) is 8.93. The maximum absolute atomic E-state index is 14.8. The average molecular weight is 634 g/mol. The van der Waals surface area contributed by atoms with Crippen molar-refractivity contribution in [1.29, 1.82) is 0 Å². The first-order chi connectivity index (χ1) is 22.7. The van der Waals surface area contributed by atoms with Crippen LogP contribution in [0.5, 0.6) is 0 Å². The molecule has 0 spiro atoms. The second-order valence-electron chi connectivity index (χ2n) is 13.6. The van der Waals surface area contributed by atoms with Crippen LogP contribution in [0.3, 0.4) is 0 Å². The highest BCUT2D eigenvalue weighted by Gasteiger charge is 2.38. The van der Waals surface area contributed by atoms with Crippen molar-refractivity contribution in [3.05, 3.63) is 102 Å². The summed E-state index contributed by atoms with van der Waals surface area (Å²) in [4.78, 5) is 31.9. The van der Waals surface area contributed by atoms with E-state index in [9.17, 15) is 9.59 Å². The van der Waals surface area contributed by atoms with Crippen LogP contribution >= 0.6 is 0 Å². The molecule has 4 aromatic rings. The van der Waals surface area contributed by atoms with E-state index < -0.39 is 5.60 Å². The Morgan fingerprint density at radius 3 is 2.38 bits per heavy atom. The Balaban J connectivity index is 1.35. The van der Waals surface area contributed by atoms with E-state index >= 15 is 0 Å². The molecule has 0 N–H and O–H groups in total.